The van der Waals surface area contributed by atoms with E-state index in [9.17, 15) is 4.79 Å². The molecule has 1 N–H and O–H groups in total. The number of ether oxygens (including phenoxy) is 2. The maximum atomic E-state index is 12.6. The second kappa shape index (κ2) is 8.05. The Bertz CT molecular complexity index is 901. The van der Waals surface area contributed by atoms with Gasteiger partial charge in [0.25, 0.3) is 5.91 Å². The SMILES string of the molecule is O=C(Nc1ccccc1OCC1CCCO1)c1cc(-c2ccccc2)on1. The summed E-state index contributed by atoms with van der Waals surface area (Å²) in [5.74, 6) is 0.797. The molecule has 6 heteroatoms. The van der Waals surface area contributed by atoms with Crippen LogP contribution in [0.5, 0.6) is 5.75 Å². The van der Waals surface area contributed by atoms with E-state index >= 15 is 0 Å². The summed E-state index contributed by atoms with van der Waals surface area (Å²) in [6, 6.07) is 18.5. The predicted molar refractivity (Wildman–Crippen MR) is 101 cm³/mol. The van der Waals surface area contributed by atoms with Crippen molar-refractivity contribution in [1.29, 1.82) is 0 Å². The van der Waals surface area contributed by atoms with E-state index in [0.717, 1.165) is 25.0 Å². The average molecular weight is 364 g/mol. The van der Waals surface area contributed by atoms with Crippen molar-refractivity contribution in [3.8, 4) is 17.1 Å². The molecule has 4 rings (SSSR count). The molecule has 1 amide bonds. The molecule has 1 atom stereocenters. The lowest BCUT2D eigenvalue weighted by Crippen LogP contribution is -2.18. The maximum Gasteiger partial charge on any atom is 0.277 e. The Kier molecular flexibility index (Phi) is 5.16. The van der Waals surface area contributed by atoms with Crippen molar-refractivity contribution in [2.45, 2.75) is 18.9 Å². The second-order valence-electron chi connectivity index (χ2n) is 6.34. The zero-order valence-electron chi connectivity index (χ0n) is 14.8. The molecule has 0 saturated carbocycles. The molecule has 1 fully saturated rings. The number of hydrogen-bond donors (Lipinski definition) is 1. The molecule has 1 aromatic heterocycles. The van der Waals surface area contributed by atoms with Gasteiger partial charge >= 0.3 is 0 Å². The number of amides is 1. The summed E-state index contributed by atoms with van der Waals surface area (Å²) in [5.41, 5.74) is 1.66. The lowest BCUT2D eigenvalue weighted by Gasteiger charge is -2.14. The Morgan fingerprint density at radius 2 is 1.96 bits per heavy atom. The monoisotopic (exact) mass is 364 g/mol. The Labute approximate surface area is 157 Å². The van der Waals surface area contributed by atoms with Gasteiger partial charge in [-0.2, -0.15) is 0 Å². The van der Waals surface area contributed by atoms with E-state index in [0.29, 0.717) is 23.8 Å². The van der Waals surface area contributed by atoms with Crippen molar-refractivity contribution >= 4 is 11.6 Å². The number of benzene rings is 2. The fourth-order valence-corrected chi connectivity index (χ4v) is 2.96. The normalized spacial score (nSPS) is 16.2. The third-order valence-electron chi connectivity index (χ3n) is 4.39. The predicted octanol–water partition coefficient (Wildman–Crippen LogP) is 4.15. The third-order valence-corrected chi connectivity index (χ3v) is 4.39. The zero-order chi connectivity index (χ0) is 18.5. The first-order valence-corrected chi connectivity index (χ1v) is 8.96. The molecular formula is C21H20N2O4. The van der Waals surface area contributed by atoms with Crippen LogP contribution in [-0.2, 0) is 4.74 Å². The molecule has 1 unspecified atom stereocenters. The van der Waals surface area contributed by atoms with Gasteiger partial charge < -0.3 is 19.3 Å². The van der Waals surface area contributed by atoms with Crippen LogP contribution in [0.25, 0.3) is 11.3 Å². The van der Waals surface area contributed by atoms with Crippen molar-refractivity contribution in [3.05, 3.63) is 66.4 Å². The van der Waals surface area contributed by atoms with Crippen LogP contribution in [0.4, 0.5) is 5.69 Å². The Morgan fingerprint density at radius 1 is 1.15 bits per heavy atom. The van der Waals surface area contributed by atoms with Gasteiger partial charge in [0, 0.05) is 18.2 Å². The van der Waals surface area contributed by atoms with Crippen LogP contribution in [0.15, 0.2) is 65.2 Å². The number of hydrogen-bond acceptors (Lipinski definition) is 5. The molecule has 6 nitrogen and oxygen atoms in total. The molecule has 1 saturated heterocycles. The lowest BCUT2D eigenvalue weighted by molar-refractivity contribution is 0.0682. The summed E-state index contributed by atoms with van der Waals surface area (Å²) in [6.07, 6.45) is 2.16. The van der Waals surface area contributed by atoms with Gasteiger partial charge in [-0.15, -0.1) is 0 Å². The van der Waals surface area contributed by atoms with Gasteiger partial charge in [0.2, 0.25) is 0 Å². The third kappa shape index (κ3) is 4.17. The van der Waals surface area contributed by atoms with Crippen LogP contribution in [0.3, 0.4) is 0 Å². The van der Waals surface area contributed by atoms with E-state index in [-0.39, 0.29) is 17.7 Å². The Hall–Kier alpha value is -3.12. The number of carbonyl (C=O) groups is 1. The number of nitrogens with one attached hydrogen (secondary N) is 1. The van der Waals surface area contributed by atoms with Gasteiger partial charge in [-0.3, -0.25) is 4.79 Å². The van der Waals surface area contributed by atoms with Crippen LogP contribution >= 0.6 is 0 Å². The summed E-state index contributed by atoms with van der Waals surface area (Å²) in [6.45, 7) is 1.25. The fourth-order valence-electron chi connectivity index (χ4n) is 2.96. The number of para-hydroxylation sites is 2. The lowest BCUT2D eigenvalue weighted by atomic mass is 10.1. The second-order valence-corrected chi connectivity index (χ2v) is 6.34. The number of aromatic nitrogens is 1. The van der Waals surface area contributed by atoms with Gasteiger partial charge in [-0.25, -0.2) is 0 Å². The first-order valence-electron chi connectivity index (χ1n) is 8.96. The highest BCUT2D eigenvalue weighted by Gasteiger charge is 2.18. The molecular weight excluding hydrogens is 344 g/mol. The van der Waals surface area contributed by atoms with E-state index in [1.807, 2.05) is 48.5 Å². The minimum Gasteiger partial charge on any atom is -0.489 e. The largest absolute Gasteiger partial charge is 0.489 e. The number of rotatable bonds is 6. The first kappa shape index (κ1) is 17.3. The molecule has 0 radical (unpaired) electrons. The van der Waals surface area contributed by atoms with E-state index in [1.54, 1.807) is 12.1 Å². The Balaban J connectivity index is 1.44. The molecule has 0 spiro atoms. The molecule has 1 aliphatic heterocycles. The van der Waals surface area contributed by atoms with E-state index in [4.69, 9.17) is 14.0 Å². The molecule has 1 aliphatic rings. The zero-order valence-corrected chi connectivity index (χ0v) is 14.8. The highest BCUT2D eigenvalue weighted by molar-refractivity contribution is 6.04. The van der Waals surface area contributed by atoms with E-state index < -0.39 is 0 Å². The minimum absolute atomic E-state index is 0.109. The molecule has 138 valence electrons. The van der Waals surface area contributed by atoms with Gasteiger partial charge in [0.1, 0.15) is 12.4 Å². The summed E-state index contributed by atoms with van der Waals surface area (Å²) in [7, 11) is 0. The van der Waals surface area contributed by atoms with Crippen LogP contribution in [0, 0.1) is 0 Å². The van der Waals surface area contributed by atoms with Gasteiger partial charge in [-0.1, -0.05) is 47.6 Å². The van der Waals surface area contributed by atoms with Crippen molar-refractivity contribution < 1.29 is 18.8 Å². The number of carbonyl (C=O) groups excluding carboxylic acids is 1. The van der Waals surface area contributed by atoms with Gasteiger partial charge in [-0.05, 0) is 25.0 Å². The van der Waals surface area contributed by atoms with Crippen LogP contribution in [0.2, 0.25) is 0 Å². The van der Waals surface area contributed by atoms with Gasteiger partial charge in [0.15, 0.2) is 11.5 Å². The molecule has 0 bridgehead atoms. The van der Waals surface area contributed by atoms with Crippen molar-refractivity contribution in [3.63, 3.8) is 0 Å². The van der Waals surface area contributed by atoms with Crippen molar-refractivity contribution in [2.24, 2.45) is 0 Å². The minimum atomic E-state index is -0.353. The van der Waals surface area contributed by atoms with Crippen molar-refractivity contribution in [2.75, 3.05) is 18.5 Å². The highest BCUT2D eigenvalue weighted by atomic mass is 16.5. The average Bonchev–Trinajstić information content (AvgIpc) is 3.40. The highest BCUT2D eigenvalue weighted by Crippen LogP contribution is 2.26. The summed E-state index contributed by atoms with van der Waals surface area (Å²) in [5, 5.41) is 6.72. The quantitative estimate of drug-likeness (QED) is 0.711. The first-order chi connectivity index (χ1) is 13.3. The summed E-state index contributed by atoms with van der Waals surface area (Å²) >= 11 is 0. The van der Waals surface area contributed by atoms with E-state index in [1.165, 1.54) is 0 Å². The summed E-state index contributed by atoms with van der Waals surface area (Å²) in [4.78, 5) is 12.6. The number of anilines is 1. The van der Waals surface area contributed by atoms with Crippen LogP contribution in [-0.4, -0.2) is 30.4 Å². The van der Waals surface area contributed by atoms with Crippen LogP contribution < -0.4 is 10.1 Å². The van der Waals surface area contributed by atoms with Crippen LogP contribution in [0.1, 0.15) is 23.3 Å². The topological polar surface area (TPSA) is 73.6 Å². The number of nitrogens with zero attached hydrogens (tertiary/aromatic N) is 1. The molecule has 27 heavy (non-hydrogen) atoms. The maximum absolute atomic E-state index is 12.6. The molecule has 0 aliphatic carbocycles. The molecule has 2 aromatic carbocycles. The van der Waals surface area contributed by atoms with Gasteiger partial charge in [0.05, 0.1) is 11.8 Å². The Morgan fingerprint density at radius 3 is 2.78 bits per heavy atom. The standard InChI is InChI=1S/C21H20N2O4/c24-21(18-13-20(27-23-18)15-7-2-1-3-8-15)22-17-10-4-5-11-19(17)26-14-16-9-6-12-25-16/h1-5,7-8,10-11,13,16H,6,9,12,14H2,(H,22,24). The fraction of sp³-hybridized carbons (Fsp3) is 0.238. The summed E-state index contributed by atoms with van der Waals surface area (Å²) < 4.78 is 16.7. The van der Waals surface area contributed by atoms with Crippen molar-refractivity contribution in [1.82, 2.24) is 5.16 Å². The molecule has 3 aromatic rings. The van der Waals surface area contributed by atoms with E-state index in [2.05, 4.69) is 10.5 Å². The molecule has 2 heterocycles. The smallest absolute Gasteiger partial charge is 0.277 e.